The lowest BCUT2D eigenvalue weighted by Gasteiger charge is -2.18. The lowest BCUT2D eigenvalue weighted by molar-refractivity contribution is 0.476. The molecule has 1 aromatic carbocycles. The van der Waals surface area contributed by atoms with Gasteiger partial charge in [-0.15, -0.1) is 0 Å². The summed E-state index contributed by atoms with van der Waals surface area (Å²) in [6.45, 7) is 7.96. The van der Waals surface area contributed by atoms with Gasteiger partial charge in [-0.05, 0) is 43.0 Å². The number of halogens is 1. The molecule has 1 atom stereocenters. The summed E-state index contributed by atoms with van der Waals surface area (Å²) in [5.41, 5.74) is 1.38. The van der Waals surface area contributed by atoms with E-state index < -0.39 is 0 Å². The van der Waals surface area contributed by atoms with Crippen LogP contribution in [0.1, 0.15) is 58.1 Å². The van der Waals surface area contributed by atoms with Crippen molar-refractivity contribution in [3.05, 3.63) is 34.3 Å². The van der Waals surface area contributed by atoms with Crippen LogP contribution in [0.4, 0.5) is 0 Å². The van der Waals surface area contributed by atoms with Crippen molar-refractivity contribution in [2.24, 2.45) is 5.92 Å². The minimum atomic E-state index is 0.488. The molecule has 2 heteroatoms. The highest BCUT2D eigenvalue weighted by Crippen LogP contribution is 2.20. The monoisotopic (exact) mass is 311 g/mol. The molecule has 0 saturated heterocycles. The highest BCUT2D eigenvalue weighted by molar-refractivity contribution is 9.10. The largest absolute Gasteiger partial charge is 0.310 e. The van der Waals surface area contributed by atoms with E-state index in [9.17, 15) is 0 Å². The minimum Gasteiger partial charge on any atom is -0.310 e. The first-order valence-electron chi connectivity index (χ1n) is 7.12. The van der Waals surface area contributed by atoms with Gasteiger partial charge in [-0.1, -0.05) is 61.7 Å². The Morgan fingerprint density at radius 1 is 1.22 bits per heavy atom. The minimum absolute atomic E-state index is 0.488. The summed E-state index contributed by atoms with van der Waals surface area (Å²) in [5, 5.41) is 3.67. The number of hydrogen-bond acceptors (Lipinski definition) is 1. The molecule has 0 radical (unpaired) electrons. The van der Waals surface area contributed by atoms with Crippen LogP contribution in [-0.4, -0.2) is 6.54 Å². The average Bonchev–Trinajstić information content (AvgIpc) is 2.33. The smallest absolute Gasteiger partial charge is 0.0318 e. The second-order valence-electron chi connectivity index (χ2n) is 5.36. The van der Waals surface area contributed by atoms with Crippen molar-refractivity contribution in [3.8, 4) is 0 Å². The lowest BCUT2D eigenvalue weighted by atomic mass is 10.0. The molecule has 0 spiro atoms. The number of nitrogens with one attached hydrogen (secondary N) is 1. The molecule has 1 N–H and O–H groups in total. The summed E-state index contributed by atoms with van der Waals surface area (Å²) in [5.74, 6) is 0.831. The maximum atomic E-state index is 3.67. The molecule has 0 fully saturated rings. The van der Waals surface area contributed by atoms with E-state index in [4.69, 9.17) is 0 Å². The summed E-state index contributed by atoms with van der Waals surface area (Å²) >= 11 is 3.54. The third-order valence-electron chi connectivity index (χ3n) is 3.26. The highest BCUT2D eigenvalue weighted by atomic mass is 79.9. The van der Waals surface area contributed by atoms with E-state index in [1.165, 1.54) is 29.3 Å². The molecule has 0 bridgehead atoms. The predicted octanol–water partition coefficient (Wildman–Crippen LogP) is 5.32. The van der Waals surface area contributed by atoms with Crippen LogP contribution in [0.25, 0.3) is 0 Å². The van der Waals surface area contributed by atoms with Crippen molar-refractivity contribution in [1.82, 2.24) is 5.32 Å². The van der Waals surface area contributed by atoms with E-state index in [2.05, 4.69) is 66.3 Å². The molecule has 102 valence electrons. The van der Waals surface area contributed by atoms with Crippen molar-refractivity contribution in [3.63, 3.8) is 0 Å². The average molecular weight is 312 g/mol. The first kappa shape index (κ1) is 15.7. The zero-order valence-electron chi connectivity index (χ0n) is 11.9. The SMILES string of the molecule is CCC(NCCCCC(C)C)c1cccc(Br)c1. The summed E-state index contributed by atoms with van der Waals surface area (Å²) in [7, 11) is 0. The Hall–Kier alpha value is -0.340. The number of benzene rings is 1. The standard InChI is InChI=1S/C16H26BrN/c1-4-16(14-9-7-10-15(17)12-14)18-11-6-5-8-13(2)3/h7,9-10,12-13,16,18H,4-6,8,11H2,1-3H3. The van der Waals surface area contributed by atoms with E-state index in [1.807, 2.05) is 0 Å². The molecule has 0 heterocycles. The van der Waals surface area contributed by atoms with Gasteiger partial charge in [-0.3, -0.25) is 0 Å². The van der Waals surface area contributed by atoms with Crippen LogP contribution in [-0.2, 0) is 0 Å². The fourth-order valence-corrected chi connectivity index (χ4v) is 2.59. The second kappa shape index (κ2) is 8.71. The first-order chi connectivity index (χ1) is 8.63. The van der Waals surface area contributed by atoms with Gasteiger partial charge in [-0.2, -0.15) is 0 Å². The Labute approximate surface area is 120 Å². The topological polar surface area (TPSA) is 12.0 Å². The maximum absolute atomic E-state index is 3.67. The number of hydrogen-bond donors (Lipinski definition) is 1. The number of rotatable bonds is 8. The Bertz CT molecular complexity index is 336. The molecule has 1 rings (SSSR count). The van der Waals surface area contributed by atoms with Crippen molar-refractivity contribution < 1.29 is 0 Å². The Morgan fingerprint density at radius 2 is 2.00 bits per heavy atom. The quantitative estimate of drug-likeness (QED) is 0.641. The molecule has 18 heavy (non-hydrogen) atoms. The van der Waals surface area contributed by atoms with Gasteiger partial charge in [-0.25, -0.2) is 0 Å². The summed E-state index contributed by atoms with van der Waals surface area (Å²) in [4.78, 5) is 0. The van der Waals surface area contributed by atoms with Gasteiger partial charge in [0.2, 0.25) is 0 Å². The first-order valence-corrected chi connectivity index (χ1v) is 7.91. The van der Waals surface area contributed by atoms with E-state index in [1.54, 1.807) is 0 Å². The fraction of sp³-hybridized carbons (Fsp3) is 0.625. The zero-order valence-corrected chi connectivity index (χ0v) is 13.5. The van der Waals surface area contributed by atoms with Crippen molar-refractivity contribution >= 4 is 15.9 Å². The third-order valence-corrected chi connectivity index (χ3v) is 3.75. The van der Waals surface area contributed by atoms with Crippen molar-refractivity contribution in [2.45, 2.75) is 52.5 Å². The molecule has 1 unspecified atom stereocenters. The van der Waals surface area contributed by atoms with Crippen LogP contribution in [0, 0.1) is 5.92 Å². The van der Waals surface area contributed by atoms with Crippen LogP contribution in [0.2, 0.25) is 0 Å². The van der Waals surface area contributed by atoms with Gasteiger partial charge in [0.1, 0.15) is 0 Å². The van der Waals surface area contributed by atoms with Crippen molar-refractivity contribution in [2.75, 3.05) is 6.54 Å². The molecule has 0 saturated carbocycles. The fourth-order valence-electron chi connectivity index (χ4n) is 2.18. The van der Waals surface area contributed by atoms with Gasteiger partial charge >= 0.3 is 0 Å². The third kappa shape index (κ3) is 6.01. The molecule has 0 aliphatic rings. The van der Waals surface area contributed by atoms with Crippen LogP contribution >= 0.6 is 15.9 Å². The molecule has 1 nitrogen and oxygen atoms in total. The zero-order chi connectivity index (χ0) is 13.4. The van der Waals surface area contributed by atoms with Gasteiger partial charge < -0.3 is 5.32 Å². The molecule has 1 aromatic rings. The Kier molecular flexibility index (Phi) is 7.60. The summed E-state index contributed by atoms with van der Waals surface area (Å²) in [6, 6.07) is 9.11. The summed E-state index contributed by atoms with van der Waals surface area (Å²) in [6.07, 6.45) is 5.10. The van der Waals surface area contributed by atoms with Crippen LogP contribution in [0.15, 0.2) is 28.7 Å². The molecule has 0 aromatic heterocycles. The number of unbranched alkanes of at least 4 members (excludes halogenated alkanes) is 1. The van der Waals surface area contributed by atoms with Crippen LogP contribution in [0.5, 0.6) is 0 Å². The Morgan fingerprint density at radius 3 is 2.61 bits per heavy atom. The van der Waals surface area contributed by atoms with Gasteiger partial charge in [0.05, 0.1) is 0 Å². The molecular formula is C16H26BrN. The van der Waals surface area contributed by atoms with E-state index in [0.29, 0.717) is 6.04 Å². The van der Waals surface area contributed by atoms with Gasteiger partial charge in [0.25, 0.3) is 0 Å². The second-order valence-corrected chi connectivity index (χ2v) is 6.28. The molecule has 0 amide bonds. The van der Waals surface area contributed by atoms with Gasteiger partial charge in [0.15, 0.2) is 0 Å². The molecule has 0 aliphatic carbocycles. The normalized spacial score (nSPS) is 12.9. The Balaban J connectivity index is 2.34. The van der Waals surface area contributed by atoms with Crippen LogP contribution in [0.3, 0.4) is 0 Å². The highest BCUT2D eigenvalue weighted by Gasteiger charge is 2.08. The molecular weight excluding hydrogens is 286 g/mol. The van der Waals surface area contributed by atoms with Crippen molar-refractivity contribution in [1.29, 1.82) is 0 Å². The molecule has 0 aliphatic heterocycles. The summed E-state index contributed by atoms with van der Waals surface area (Å²) < 4.78 is 1.17. The predicted molar refractivity (Wildman–Crippen MR) is 83.9 cm³/mol. The van der Waals surface area contributed by atoms with Gasteiger partial charge in [0, 0.05) is 10.5 Å². The van der Waals surface area contributed by atoms with E-state index in [0.717, 1.165) is 18.9 Å². The lowest BCUT2D eigenvalue weighted by Crippen LogP contribution is -2.21. The van der Waals surface area contributed by atoms with Crippen LogP contribution < -0.4 is 5.32 Å². The maximum Gasteiger partial charge on any atom is 0.0318 e. The van der Waals surface area contributed by atoms with E-state index in [-0.39, 0.29) is 0 Å². The van der Waals surface area contributed by atoms with E-state index >= 15 is 0 Å².